The molecule has 40 heavy (non-hydrogen) atoms. The molecule has 3 aromatic rings. The molecule has 2 unspecified atom stereocenters. The predicted molar refractivity (Wildman–Crippen MR) is 142 cm³/mol. The normalized spacial score (nSPS) is 17.5. The number of hydrogen-bond donors (Lipinski definition) is 3. The summed E-state index contributed by atoms with van der Waals surface area (Å²) in [5, 5.41) is 25.9. The highest BCUT2D eigenvalue weighted by Gasteiger charge is 2.30. The minimum Gasteiger partial charge on any atom is -0.459 e. The molecule has 2 aromatic carbocycles. The smallest absolute Gasteiger partial charge is 0.287 e. The number of ether oxygens (including phenoxy) is 4. The Hall–Kier alpha value is -4.68. The van der Waals surface area contributed by atoms with E-state index in [1.165, 1.54) is 18.3 Å². The number of hydrogen-bond acceptors (Lipinski definition) is 10. The number of nitrogens with one attached hydrogen (secondary N) is 2. The van der Waals surface area contributed by atoms with Crippen LogP contribution in [-0.4, -0.2) is 47.1 Å². The number of carbonyl (C=O) groups is 1. The molecule has 1 amide bonds. The van der Waals surface area contributed by atoms with E-state index in [9.17, 15) is 20.0 Å². The fraction of sp³-hybridized carbons (Fsp3) is 0.286. The zero-order valence-corrected chi connectivity index (χ0v) is 21.4. The molecule has 3 N–H and O–H groups in total. The summed E-state index contributed by atoms with van der Waals surface area (Å²) < 4.78 is 22.9. The highest BCUT2D eigenvalue weighted by atomic mass is 16.7. The Morgan fingerprint density at radius 3 is 2.62 bits per heavy atom. The maximum absolute atomic E-state index is 13.0. The first kappa shape index (κ1) is 26.9. The number of allylic oxidation sites excluding steroid dienone is 1. The van der Waals surface area contributed by atoms with E-state index in [-0.39, 0.29) is 43.9 Å². The van der Waals surface area contributed by atoms with Crippen molar-refractivity contribution in [3.8, 4) is 11.5 Å². The van der Waals surface area contributed by atoms with Gasteiger partial charge in [-0.3, -0.25) is 14.9 Å². The second kappa shape index (κ2) is 12.5. The number of nitro groups is 1. The fourth-order valence-corrected chi connectivity index (χ4v) is 4.28. The molecule has 0 saturated carbocycles. The average molecular weight is 549 g/mol. The van der Waals surface area contributed by atoms with E-state index in [4.69, 9.17) is 18.9 Å². The second-order valence-electron chi connectivity index (χ2n) is 9.16. The Bertz CT molecular complexity index is 1380. The van der Waals surface area contributed by atoms with E-state index in [1.54, 1.807) is 6.08 Å². The van der Waals surface area contributed by atoms with Crippen LogP contribution in [0.5, 0.6) is 11.5 Å². The van der Waals surface area contributed by atoms with Gasteiger partial charge in [0.05, 0.1) is 18.1 Å². The summed E-state index contributed by atoms with van der Waals surface area (Å²) in [6, 6.07) is 15.9. The molecule has 0 spiro atoms. The van der Waals surface area contributed by atoms with Crippen LogP contribution in [0.2, 0.25) is 0 Å². The van der Waals surface area contributed by atoms with Gasteiger partial charge in [0, 0.05) is 31.5 Å². The molecule has 0 radical (unpaired) electrons. The van der Waals surface area contributed by atoms with Gasteiger partial charge in [-0.15, -0.1) is 0 Å². The van der Waals surface area contributed by atoms with Gasteiger partial charge in [0.2, 0.25) is 13.1 Å². The maximum atomic E-state index is 13.0. The summed E-state index contributed by atoms with van der Waals surface area (Å²) in [7, 11) is 0. The van der Waals surface area contributed by atoms with Gasteiger partial charge in [0.25, 0.3) is 11.6 Å². The largest absolute Gasteiger partial charge is 0.459 e. The molecule has 208 valence electrons. The van der Waals surface area contributed by atoms with E-state index in [0.717, 1.165) is 16.7 Å². The first-order valence-electron chi connectivity index (χ1n) is 12.7. The number of aromatic nitrogens is 1. The van der Waals surface area contributed by atoms with E-state index in [0.29, 0.717) is 30.3 Å². The number of rotatable bonds is 11. The van der Waals surface area contributed by atoms with Gasteiger partial charge in [0.1, 0.15) is 12.0 Å². The third-order valence-corrected chi connectivity index (χ3v) is 6.42. The summed E-state index contributed by atoms with van der Waals surface area (Å²) in [6.45, 7) is 1.01. The molecule has 3 heterocycles. The van der Waals surface area contributed by atoms with Crippen LogP contribution in [0.15, 0.2) is 72.6 Å². The Balaban J connectivity index is 1.22. The SMILES string of the molecule is O=C(NCCNc1ccc([N+](=O)[O-])cn1)C1=CC(c2ccc3c(c2)OCO3)CC(OCc2ccc(CO)cc2)O1. The van der Waals surface area contributed by atoms with Gasteiger partial charge in [-0.1, -0.05) is 30.3 Å². The molecule has 2 aliphatic heterocycles. The third kappa shape index (κ3) is 6.65. The van der Waals surface area contributed by atoms with Gasteiger partial charge in [-0.05, 0) is 41.0 Å². The summed E-state index contributed by atoms with van der Waals surface area (Å²) >= 11 is 0. The van der Waals surface area contributed by atoms with Crippen molar-refractivity contribution in [2.24, 2.45) is 0 Å². The van der Waals surface area contributed by atoms with E-state index < -0.39 is 17.1 Å². The summed E-state index contributed by atoms with van der Waals surface area (Å²) in [5.41, 5.74) is 2.55. The van der Waals surface area contributed by atoms with Crippen molar-refractivity contribution in [3.05, 3.63) is 99.4 Å². The molecular formula is C28H28N4O8. The summed E-state index contributed by atoms with van der Waals surface area (Å²) in [4.78, 5) is 27.3. The van der Waals surface area contributed by atoms with Crippen molar-refractivity contribution in [2.75, 3.05) is 25.2 Å². The average Bonchev–Trinajstić information content (AvgIpc) is 3.46. The van der Waals surface area contributed by atoms with E-state index >= 15 is 0 Å². The molecule has 0 bridgehead atoms. The molecule has 1 aromatic heterocycles. The van der Waals surface area contributed by atoms with Crippen LogP contribution in [-0.2, 0) is 27.5 Å². The molecule has 0 aliphatic carbocycles. The van der Waals surface area contributed by atoms with Gasteiger partial charge >= 0.3 is 0 Å². The predicted octanol–water partition coefficient (Wildman–Crippen LogP) is 3.37. The molecule has 5 rings (SSSR count). The molecule has 12 heteroatoms. The van der Waals surface area contributed by atoms with Crippen molar-refractivity contribution in [1.82, 2.24) is 10.3 Å². The third-order valence-electron chi connectivity index (χ3n) is 6.42. The highest BCUT2D eigenvalue weighted by Crippen LogP contribution is 2.38. The Labute approximate surface area is 229 Å². The minimum atomic E-state index is -0.680. The molecule has 12 nitrogen and oxygen atoms in total. The Morgan fingerprint density at radius 2 is 1.88 bits per heavy atom. The lowest BCUT2D eigenvalue weighted by atomic mass is 9.92. The van der Waals surface area contributed by atoms with Gasteiger partial charge in [-0.25, -0.2) is 4.98 Å². The quantitative estimate of drug-likeness (QED) is 0.185. The minimum absolute atomic E-state index is 0.0345. The zero-order chi connectivity index (χ0) is 27.9. The zero-order valence-electron chi connectivity index (χ0n) is 21.4. The Morgan fingerprint density at radius 1 is 1.07 bits per heavy atom. The number of aliphatic hydroxyl groups excluding tert-OH is 1. The second-order valence-corrected chi connectivity index (χ2v) is 9.16. The van der Waals surface area contributed by atoms with Crippen molar-refractivity contribution in [2.45, 2.75) is 31.8 Å². The monoisotopic (exact) mass is 548 g/mol. The number of benzene rings is 2. The Kier molecular flexibility index (Phi) is 8.38. The molecule has 2 atom stereocenters. The van der Waals surface area contributed by atoms with Crippen molar-refractivity contribution < 1.29 is 33.8 Å². The lowest BCUT2D eigenvalue weighted by Crippen LogP contribution is -2.35. The van der Waals surface area contributed by atoms with Crippen LogP contribution in [0.4, 0.5) is 11.5 Å². The molecule has 0 fully saturated rings. The highest BCUT2D eigenvalue weighted by molar-refractivity contribution is 5.91. The van der Waals surface area contributed by atoms with Crippen LogP contribution >= 0.6 is 0 Å². The van der Waals surface area contributed by atoms with Gasteiger partial charge in [-0.2, -0.15) is 0 Å². The van der Waals surface area contributed by atoms with Crippen molar-refractivity contribution >= 4 is 17.4 Å². The number of fused-ring (bicyclic) bond motifs is 1. The molecule has 0 saturated heterocycles. The van der Waals surface area contributed by atoms with E-state index in [1.807, 2.05) is 42.5 Å². The van der Waals surface area contributed by atoms with Gasteiger partial charge in [0.15, 0.2) is 17.3 Å². The van der Waals surface area contributed by atoms with Crippen molar-refractivity contribution in [1.29, 1.82) is 0 Å². The van der Waals surface area contributed by atoms with Crippen LogP contribution in [0.25, 0.3) is 0 Å². The number of pyridine rings is 1. The van der Waals surface area contributed by atoms with Crippen LogP contribution in [0.3, 0.4) is 0 Å². The summed E-state index contributed by atoms with van der Waals surface area (Å²) in [6.07, 6.45) is 2.74. The van der Waals surface area contributed by atoms with Crippen molar-refractivity contribution in [3.63, 3.8) is 0 Å². The lowest BCUT2D eigenvalue weighted by molar-refractivity contribution is -0.385. The number of carbonyl (C=O) groups excluding carboxylic acids is 1. The molecular weight excluding hydrogens is 520 g/mol. The van der Waals surface area contributed by atoms with E-state index in [2.05, 4.69) is 15.6 Å². The number of nitrogens with zero attached hydrogens (tertiary/aromatic N) is 2. The topological polar surface area (TPSA) is 154 Å². The first-order valence-corrected chi connectivity index (χ1v) is 12.7. The maximum Gasteiger partial charge on any atom is 0.287 e. The van der Waals surface area contributed by atoms with Crippen LogP contribution in [0, 0.1) is 10.1 Å². The first-order chi connectivity index (χ1) is 19.5. The number of aliphatic hydroxyl groups is 1. The fourth-order valence-electron chi connectivity index (χ4n) is 4.28. The molecule has 2 aliphatic rings. The number of anilines is 1. The summed E-state index contributed by atoms with van der Waals surface area (Å²) in [5.74, 6) is 1.35. The number of amides is 1. The van der Waals surface area contributed by atoms with Gasteiger partial charge < -0.3 is 34.7 Å². The van der Waals surface area contributed by atoms with Crippen LogP contribution in [0.1, 0.15) is 29.0 Å². The standard InChI is InChI=1S/C28H28N4O8/c33-15-18-1-3-19(4-2-18)16-37-27-13-21(20-5-7-23-24(11-20)39-17-38-23)12-25(40-27)28(34)30-10-9-29-26-8-6-22(14-31-26)32(35)36/h1-8,11-12,14,21,27,33H,9-10,13,15-17H2,(H,29,31)(H,30,34). The van der Waals surface area contributed by atoms with Crippen LogP contribution < -0.4 is 20.1 Å². The lowest BCUT2D eigenvalue weighted by Gasteiger charge is -2.29.